The van der Waals surface area contributed by atoms with E-state index in [1.807, 2.05) is 0 Å². The Morgan fingerprint density at radius 2 is 2.00 bits per heavy atom. The Kier molecular flexibility index (Phi) is 4.17. The van der Waals surface area contributed by atoms with Gasteiger partial charge in [0.1, 0.15) is 5.15 Å². The zero-order chi connectivity index (χ0) is 14.0. The summed E-state index contributed by atoms with van der Waals surface area (Å²) < 4.78 is 33.1. The summed E-state index contributed by atoms with van der Waals surface area (Å²) >= 11 is 11.0. The zero-order valence-corrected chi connectivity index (χ0v) is 11.1. The van der Waals surface area contributed by atoms with Crippen molar-refractivity contribution in [1.29, 1.82) is 0 Å². The third-order valence-electron chi connectivity index (χ3n) is 2.56. The Balaban J connectivity index is 2.27. The lowest BCUT2D eigenvalue weighted by Crippen LogP contribution is -2.47. The molecule has 1 saturated heterocycles. The number of halogens is 4. The summed E-state index contributed by atoms with van der Waals surface area (Å²) in [5.74, 6) is -5.21. The maximum Gasteiger partial charge on any atom is 0.369 e. The fraction of sp³-hybridized carbons (Fsp3) is 0.500. The number of morpholine rings is 1. The van der Waals surface area contributed by atoms with Crippen LogP contribution in [0.2, 0.25) is 10.3 Å². The Bertz CT molecular complexity index is 496. The van der Waals surface area contributed by atoms with Crippen LogP contribution in [0.4, 0.5) is 8.78 Å². The summed E-state index contributed by atoms with van der Waals surface area (Å²) in [5.41, 5.74) is -0.893. The minimum Gasteiger partial charge on any atom is -0.378 e. The molecule has 19 heavy (non-hydrogen) atoms. The second kappa shape index (κ2) is 5.52. The van der Waals surface area contributed by atoms with E-state index in [9.17, 15) is 13.6 Å². The number of hydrogen-bond acceptors (Lipinski definition) is 4. The highest BCUT2D eigenvalue weighted by atomic mass is 35.5. The van der Waals surface area contributed by atoms with Gasteiger partial charge in [0.05, 0.1) is 19.4 Å². The first-order valence-electron chi connectivity index (χ1n) is 5.36. The molecule has 0 aromatic carbocycles. The third-order valence-corrected chi connectivity index (χ3v) is 3.01. The molecule has 1 aliphatic heterocycles. The minimum absolute atomic E-state index is 0.104. The number of rotatable bonds is 2. The highest BCUT2D eigenvalue weighted by molar-refractivity contribution is 6.32. The van der Waals surface area contributed by atoms with Crippen LogP contribution in [0.25, 0.3) is 0 Å². The van der Waals surface area contributed by atoms with Crippen molar-refractivity contribution in [3.8, 4) is 0 Å². The van der Waals surface area contributed by atoms with Gasteiger partial charge in [-0.1, -0.05) is 23.2 Å². The molecule has 1 aromatic rings. The molecule has 1 aliphatic rings. The molecule has 0 radical (unpaired) electrons. The molecular formula is C10H9Cl2F2N3O2. The van der Waals surface area contributed by atoms with E-state index in [2.05, 4.69) is 9.97 Å². The Morgan fingerprint density at radius 1 is 1.37 bits per heavy atom. The van der Waals surface area contributed by atoms with Crippen molar-refractivity contribution in [3.05, 3.63) is 22.2 Å². The number of amides is 1. The number of carbonyl (C=O) groups excluding carboxylic acids is 1. The molecule has 0 spiro atoms. The second-order valence-electron chi connectivity index (χ2n) is 3.81. The van der Waals surface area contributed by atoms with Gasteiger partial charge in [0.2, 0.25) is 0 Å². The van der Waals surface area contributed by atoms with Crippen LogP contribution in [0.3, 0.4) is 0 Å². The first-order chi connectivity index (χ1) is 8.93. The summed E-state index contributed by atoms with van der Waals surface area (Å²) in [6, 6.07) is 0. The maximum absolute atomic E-state index is 14.1. The second-order valence-corrected chi connectivity index (χ2v) is 4.56. The topological polar surface area (TPSA) is 55.3 Å². The minimum atomic E-state index is -3.84. The van der Waals surface area contributed by atoms with Gasteiger partial charge in [0.25, 0.3) is 5.91 Å². The average Bonchev–Trinajstić information content (AvgIpc) is 2.38. The van der Waals surface area contributed by atoms with E-state index in [0.29, 0.717) is 0 Å². The van der Waals surface area contributed by atoms with E-state index in [1.54, 1.807) is 0 Å². The van der Waals surface area contributed by atoms with Gasteiger partial charge >= 0.3 is 5.92 Å². The zero-order valence-electron chi connectivity index (χ0n) is 9.58. The smallest absolute Gasteiger partial charge is 0.369 e. The Labute approximate surface area is 117 Å². The van der Waals surface area contributed by atoms with Crippen LogP contribution in [-0.2, 0) is 15.5 Å². The third kappa shape index (κ3) is 2.93. The van der Waals surface area contributed by atoms with Crippen molar-refractivity contribution in [2.75, 3.05) is 26.3 Å². The molecule has 1 aromatic heterocycles. The molecule has 5 nitrogen and oxygen atoms in total. The normalized spacial score (nSPS) is 16.5. The quantitative estimate of drug-likeness (QED) is 0.834. The molecule has 2 heterocycles. The van der Waals surface area contributed by atoms with Crippen molar-refractivity contribution < 1.29 is 18.3 Å². The van der Waals surface area contributed by atoms with Crippen LogP contribution < -0.4 is 0 Å². The fourth-order valence-corrected chi connectivity index (χ4v) is 2.06. The molecule has 0 unspecified atom stereocenters. The number of carbonyl (C=O) groups is 1. The molecule has 0 bridgehead atoms. The number of aromatic nitrogens is 2. The molecular weight excluding hydrogens is 303 g/mol. The molecule has 0 saturated carbocycles. The largest absolute Gasteiger partial charge is 0.378 e. The average molecular weight is 312 g/mol. The lowest BCUT2D eigenvalue weighted by atomic mass is 10.2. The lowest BCUT2D eigenvalue weighted by Gasteiger charge is -2.29. The van der Waals surface area contributed by atoms with E-state index < -0.39 is 22.7 Å². The Hall–Kier alpha value is -1.05. The Morgan fingerprint density at radius 3 is 2.58 bits per heavy atom. The molecule has 2 rings (SSSR count). The van der Waals surface area contributed by atoms with Crippen LogP contribution in [0.5, 0.6) is 0 Å². The summed E-state index contributed by atoms with van der Waals surface area (Å²) in [6.45, 7) is 0.657. The van der Waals surface area contributed by atoms with Crippen LogP contribution in [0.1, 0.15) is 5.69 Å². The summed E-state index contributed by atoms with van der Waals surface area (Å²) in [5, 5.41) is -0.706. The maximum atomic E-state index is 14.1. The van der Waals surface area contributed by atoms with Gasteiger partial charge in [-0.25, -0.2) is 9.97 Å². The molecule has 104 valence electrons. The first kappa shape index (κ1) is 14.4. The van der Waals surface area contributed by atoms with E-state index in [1.165, 1.54) is 0 Å². The van der Waals surface area contributed by atoms with Gasteiger partial charge in [-0.15, -0.1) is 0 Å². The summed E-state index contributed by atoms with van der Waals surface area (Å²) in [7, 11) is 0. The highest BCUT2D eigenvalue weighted by Crippen LogP contribution is 2.33. The van der Waals surface area contributed by atoms with Crippen molar-refractivity contribution in [2.24, 2.45) is 0 Å². The van der Waals surface area contributed by atoms with Gasteiger partial charge in [-0.2, -0.15) is 8.78 Å². The predicted molar refractivity (Wildman–Crippen MR) is 63.3 cm³/mol. The molecule has 1 amide bonds. The molecule has 0 N–H and O–H groups in total. The van der Waals surface area contributed by atoms with Crippen molar-refractivity contribution >= 4 is 29.1 Å². The van der Waals surface area contributed by atoms with Gasteiger partial charge in [-0.05, 0) is 0 Å². The number of alkyl halides is 2. The van der Waals surface area contributed by atoms with E-state index in [-0.39, 0.29) is 31.5 Å². The van der Waals surface area contributed by atoms with Gasteiger partial charge in [0.15, 0.2) is 10.8 Å². The van der Waals surface area contributed by atoms with Crippen molar-refractivity contribution in [3.63, 3.8) is 0 Å². The standard InChI is InChI=1S/C10H9Cl2F2N3O2/c11-6-5-15-7(8(12)16-6)10(13,14)9(18)17-1-3-19-4-2-17/h5H,1-4H2. The molecule has 1 fully saturated rings. The van der Waals surface area contributed by atoms with Gasteiger partial charge < -0.3 is 9.64 Å². The predicted octanol–water partition coefficient (Wildman–Crippen LogP) is 1.73. The van der Waals surface area contributed by atoms with Gasteiger partial charge in [0, 0.05) is 13.1 Å². The van der Waals surface area contributed by atoms with Crippen LogP contribution in [0.15, 0.2) is 6.20 Å². The molecule has 9 heteroatoms. The van der Waals surface area contributed by atoms with E-state index in [0.717, 1.165) is 11.1 Å². The number of ether oxygens (including phenoxy) is 1. The summed E-state index contributed by atoms with van der Waals surface area (Å²) in [4.78, 5) is 19.7. The SMILES string of the molecule is O=C(N1CCOCC1)C(F)(F)c1ncc(Cl)nc1Cl. The summed E-state index contributed by atoms with van der Waals surface area (Å²) in [6.07, 6.45) is 0.920. The van der Waals surface area contributed by atoms with E-state index >= 15 is 0 Å². The highest BCUT2D eigenvalue weighted by Gasteiger charge is 2.47. The number of hydrogen-bond donors (Lipinski definition) is 0. The van der Waals surface area contributed by atoms with Crippen molar-refractivity contribution in [1.82, 2.24) is 14.9 Å². The lowest BCUT2D eigenvalue weighted by molar-refractivity contribution is -0.163. The fourth-order valence-electron chi connectivity index (χ4n) is 1.62. The van der Waals surface area contributed by atoms with Crippen LogP contribution in [-0.4, -0.2) is 47.1 Å². The van der Waals surface area contributed by atoms with Crippen molar-refractivity contribution in [2.45, 2.75) is 5.92 Å². The van der Waals surface area contributed by atoms with Gasteiger partial charge in [-0.3, -0.25) is 4.79 Å². The van der Waals surface area contributed by atoms with Crippen LogP contribution in [0, 0.1) is 0 Å². The monoisotopic (exact) mass is 311 g/mol. The van der Waals surface area contributed by atoms with E-state index in [4.69, 9.17) is 27.9 Å². The number of nitrogens with zero attached hydrogens (tertiary/aromatic N) is 3. The first-order valence-corrected chi connectivity index (χ1v) is 6.12. The molecule has 0 aliphatic carbocycles. The van der Waals surface area contributed by atoms with Crippen LogP contribution >= 0.6 is 23.2 Å². The molecule has 0 atom stereocenters.